The highest BCUT2D eigenvalue weighted by molar-refractivity contribution is 5.86. The molecule has 1 aliphatic heterocycles. The Kier molecular flexibility index (Phi) is 4.31. The Hall–Kier alpha value is -0.570. The highest BCUT2D eigenvalue weighted by Crippen LogP contribution is 2.31. The minimum Gasteiger partial charge on any atom is -0.338 e. The predicted octanol–water partition coefficient (Wildman–Crippen LogP) is 2.56. The van der Waals surface area contributed by atoms with Crippen LogP contribution in [-0.2, 0) is 4.79 Å². The molecule has 0 aromatic rings. The number of rotatable bonds is 5. The van der Waals surface area contributed by atoms with E-state index in [1.165, 1.54) is 25.7 Å². The minimum absolute atomic E-state index is 0.294. The summed E-state index contributed by atoms with van der Waals surface area (Å²) in [4.78, 5) is 14.9. The maximum Gasteiger partial charge on any atom is 0.242 e. The zero-order valence-electron chi connectivity index (χ0n) is 12.2. The van der Waals surface area contributed by atoms with Crippen molar-refractivity contribution in [3.8, 4) is 0 Å². The molecule has 1 heterocycles. The van der Waals surface area contributed by atoms with Crippen LogP contribution in [0.25, 0.3) is 0 Å². The molecule has 1 amide bonds. The average molecular weight is 252 g/mol. The van der Waals surface area contributed by atoms with E-state index in [2.05, 4.69) is 31.0 Å². The van der Waals surface area contributed by atoms with Gasteiger partial charge < -0.3 is 10.2 Å². The van der Waals surface area contributed by atoms with Gasteiger partial charge in [0.15, 0.2) is 0 Å². The van der Waals surface area contributed by atoms with Crippen molar-refractivity contribution in [2.24, 2.45) is 5.92 Å². The summed E-state index contributed by atoms with van der Waals surface area (Å²) in [5.41, 5.74) is -0.294. The maximum atomic E-state index is 12.8. The summed E-state index contributed by atoms with van der Waals surface area (Å²) < 4.78 is 0. The van der Waals surface area contributed by atoms with E-state index in [1.54, 1.807) is 0 Å². The van der Waals surface area contributed by atoms with Crippen molar-refractivity contribution in [3.05, 3.63) is 0 Å². The number of carbonyl (C=O) groups excluding carboxylic acids is 1. The van der Waals surface area contributed by atoms with E-state index < -0.39 is 0 Å². The molecule has 1 atom stereocenters. The van der Waals surface area contributed by atoms with Gasteiger partial charge in [-0.05, 0) is 57.9 Å². The molecule has 1 saturated heterocycles. The fraction of sp³-hybridized carbons (Fsp3) is 0.933. The van der Waals surface area contributed by atoms with Crippen molar-refractivity contribution in [3.63, 3.8) is 0 Å². The maximum absolute atomic E-state index is 12.8. The van der Waals surface area contributed by atoms with Crippen molar-refractivity contribution in [2.45, 2.75) is 70.9 Å². The number of hydrogen-bond acceptors (Lipinski definition) is 2. The van der Waals surface area contributed by atoms with Crippen LogP contribution >= 0.6 is 0 Å². The molecule has 2 fully saturated rings. The first-order valence-electron chi connectivity index (χ1n) is 7.59. The van der Waals surface area contributed by atoms with Gasteiger partial charge in [-0.2, -0.15) is 0 Å². The third-order valence-electron chi connectivity index (χ3n) is 4.29. The van der Waals surface area contributed by atoms with Gasteiger partial charge in [0.05, 0.1) is 5.54 Å². The second-order valence-corrected chi connectivity index (χ2v) is 6.63. The van der Waals surface area contributed by atoms with E-state index in [-0.39, 0.29) is 5.54 Å². The molecule has 0 aromatic heterocycles. The van der Waals surface area contributed by atoms with Gasteiger partial charge in [0.25, 0.3) is 0 Å². The lowest BCUT2D eigenvalue weighted by Gasteiger charge is -2.38. The van der Waals surface area contributed by atoms with E-state index in [0.717, 1.165) is 25.9 Å². The number of piperidine rings is 1. The smallest absolute Gasteiger partial charge is 0.242 e. The monoisotopic (exact) mass is 252 g/mol. The van der Waals surface area contributed by atoms with Crippen LogP contribution < -0.4 is 5.32 Å². The molecule has 2 aliphatic rings. The molecule has 2 rings (SSSR count). The number of carbonyl (C=O) groups is 1. The first kappa shape index (κ1) is 13.9. The van der Waals surface area contributed by atoms with Gasteiger partial charge in [-0.15, -0.1) is 0 Å². The SMILES string of the molecule is CC(C)CCN(C(=O)C1(C)CCCCN1)C1CC1. The van der Waals surface area contributed by atoms with Crippen LogP contribution in [0, 0.1) is 5.92 Å². The molecule has 0 bridgehead atoms. The van der Waals surface area contributed by atoms with Gasteiger partial charge in [0.1, 0.15) is 0 Å². The highest BCUT2D eigenvalue weighted by Gasteiger charge is 2.42. The third kappa shape index (κ3) is 3.25. The standard InChI is InChI=1S/C15H28N2O/c1-12(2)8-11-17(13-6-7-13)14(18)15(3)9-4-5-10-16-15/h12-13,16H,4-11H2,1-3H3. The second-order valence-electron chi connectivity index (χ2n) is 6.63. The molecule has 0 aromatic carbocycles. The molecule has 104 valence electrons. The van der Waals surface area contributed by atoms with Crippen LogP contribution in [0.3, 0.4) is 0 Å². The quantitative estimate of drug-likeness (QED) is 0.815. The Bertz CT molecular complexity index is 291. The largest absolute Gasteiger partial charge is 0.338 e. The molecule has 18 heavy (non-hydrogen) atoms. The first-order chi connectivity index (χ1) is 8.53. The van der Waals surface area contributed by atoms with Gasteiger partial charge in [-0.1, -0.05) is 13.8 Å². The Balaban J connectivity index is 1.98. The summed E-state index contributed by atoms with van der Waals surface area (Å²) in [6.45, 7) is 8.49. The summed E-state index contributed by atoms with van der Waals surface area (Å²) >= 11 is 0. The average Bonchev–Trinajstić information content (AvgIpc) is 3.14. The molecule has 3 nitrogen and oxygen atoms in total. The van der Waals surface area contributed by atoms with E-state index in [9.17, 15) is 4.79 Å². The Labute approximate surface area is 111 Å². The summed E-state index contributed by atoms with van der Waals surface area (Å²) in [7, 11) is 0. The van der Waals surface area contributed by atoms with Crippen molar-refractivity contribution >= 4 is 5.91 Å². The molecule has 1 unspecified atom stereocenters. The van der Waals surface area contributed by atoms with Gasteiger partial charge in [-0.25, -0.2) is 0 Å². The number of nitrogens with one attached hydrogen (secondary N) is 1. The molecule has 0 radical (unpaired) electrons. The van der Waals surface area contributed by atoms with Gasteiger partial charge in [0, 0.05) is 12.6 Å². The molecular formula is C15H28N2O. The van der Waals surface area contributed by atoms with Crippen LogP contribution in [0.1, 0.15) is 59.3 Å². The lowest BCUT2D eigenvalue weighted by molar-refractivity contribution is -0.139. The summed E-state index contributed by atoms with van der Waals surface area (Å²) in [6.07, 6.45) is 6.92. The fourth-order valence-electron chi connectivity index (χ4n) is 2.79. The molecule has 1 N–H and O–H groups in total. The predicted molar refractivity (Wildman–Crippen MR) is 74.4 cm³/mol. The van der Waals surface area contributed by atoms with Crippen molar-refractivity contribution < 1.29 is 4.79 Å². The van der Waals surface area contributed by atoms with Crippen LogP contribution in [0.2, 0.25) is 0 Å². The molecule has 0 spiro atoms. The van der Waals surface area contributed by atoms with Crippen LogP contribution in [0.15, 0.2) is 0 Å². The fourth-order valence-corrected chi connectivity index (χ4v) is 2.79. The van der Waals surface area contributed by atoms with Gasteiger partial charge in [-0.3, -0.25) is 4.79 Å². The first-order valence-corrected chi connectivity index (χ1v) is 7.59. The normalized spacial score (nSPS) is 28.4. The van der Waals surface area contributed by atoms with Gasteiger partial charge >= 0.3 is 0 Å². The topological polar surface area (TPSA) is 32.3 Å². The minimum atomic E-state index is -0.294. The molecule has 1 saturated carbocycles. The second kappa shape index (κ2) is 5.60. The summed E-state index contributed by atoms with van der Waals surface area (Å²) in [6, 6.07) is 0.539. The summed E-state index contributed by atoms with van der Waals surface area (Å²) in [5.74, 6) is 1.02. The van der Waals surface area contributed by atoms with Crippen molar-refractivity contribution in [1.29, 1.82) is 0 Å². The van der Waals surface area contributed by atoms with E-state index in [1.807, 2.05) is 0 Å². The van der Waals surface area contributed by atoms with Crippen LogP contribution in [-0.4, -0.2) is 35.5 Å². The highest BCUT2D eigenvalue weighted by atomic mass is 16.2. The number of nitrogens with zero attached hydrogens (tertiary/aromatic N) is 1. The van der Waals surface area contributed by atoms with Crippen molar-refractivity contribution in [2.75, 3.05) is 13.1 Å². The lowest BCUT2D eigenvalue weighted by Crippen LogP contribution is -2.58. The Morgan fingerprint density at radius 2 is 2.11 bits per heavy atom. The third-order valence-corrected chi connectivity index (χ3v) is 4.29. The van der Waals surface area contributed by atoms with Gasteiger partial charge in [0.2, 0.25) is 5.91 Å². The number of hydrogen-bond donors (Lipinski definition) is 1. The molecule has 3 heteroatoms. The van der Waals surface area contributed by atoms with E-state index in [4.69, 9.17) is 0 Å². The van der Waals surface area contributed by atoms with E-state index in [0.29, 0.717) is 17.9 Å². The molecular weight excluding hydrogens is 224 g/mol. The van der Waals surface area contributed by atoms with E-state index >= 15 is 0 Å². The molecule has 1 aliphatic carbocycles. The lowest BCUT2D eigenvalue weighted by atomic mass is 9.89. The Morgan fingerprint density at radius 1 is 1.39 bits per heavy atom. The Morgan fingerprint density at radius 3 is 2.61 bits per heavy atom. The zero-order chi connectivity index (χ0) is 13.2. The zero-order valence-corrected chi connectivity index (χ0v) is 12.2. The van der Waals surface area contributed by atoms with Crippen molar-refractivity contribution in [1.82, 2.24) is 10.2 Å². The van der Waals surface area contributed by atoms with Crippen LogP contribution in [0.4, 0.5) is 0 Å². The number of amides is 1. The van der Waals surface area contributed by atoms with Crippen LogP contribution in [0.5, 0.6) is 0 Å². The summed E-state index contributed by atoms with van der Waals surface area (Å²) in [5, 5.41) is 3.45.